The molecule has 1 amide bonds. The number of hydrogen-bond donors (Lipinski definition) is 0. The van der Waals surface area contributed by atoms with Crippen molar-refractivity contribution in [2.75, 3.05) is 51.2 Å². The predicted molar refractivity (Wildman–Crippen MR) is 88.2 cm³/mol. The molecule has 0 radical (unpaired) electrons. The molecule has 3 heterocycles. The van der Waals surface area contributed by atoms with Gasteiger partial charge in [-0.1, -0.05) is 6.92 Å². The summed E-state index contributed by atoms with van der Waals surface area (Å²) in [5.41, 5.74) is 1.81. The molecular formula is C17H26N4O. The van der Waals surface area contributed by atoms with Gasteiger partial charge in [0, 0.05) is 45.5 Å². The minimum Gasteiger partial charge on any atom is -0.370 e. The van der Waals surface area contributed by atoms with Crippen molar-refractivity contribution in [1.29, 1.82) is 0 Å². The third kappa shape index (κ3) is 3.40. The molecule has 2 aliphatic heterocycles. The fourth-order valence-corrected chi connectivity index (χ4v) is 3.33. The number of hydrogen-bond acceptors (Lipinski definition) is 4. The number of amides is 1. The lowest BCUT2D eigenvalue weighted by atomic mass is 10.00. The lowest BCUT2D eigenvalue weighted by Crippen LogP contribution is -2.47. The third-order valence-corrected chi connectivity index (χ3v) is 4.78. The number of rotatable bonds is 2. The van der Waals surface area contributed by atoms with Crippen LogP contribution in [0.3, 0.4) is 0 Å². The van der Waals surface area contributed by atoms with Gasteiger partial charge in [-0.2, -0.15) is 0 Å². The fraction of sp³-hybridized carbons (Fsp3) is 0.647. The van der Waals surface area contributed by atoms with E-state index in [0.717, 1.165) is 50.5 Å². The fourth-order valence-electron chi connectivity index (χ4n) is 3.33. The third-order valence-electron chi connectivity index (χ3n) is 4.78. The number of likely N-dealkylation sites (N-methyl/N-ethyl adjacent to an activating group) is 1. The van der Waals surface area contributed by atoms with Gasteiger partial charge in [-0.25, -0.2) is 0 Å². The molecule has 0 aromatic carbocycles. The first kappa shape index (κ1) is 15.3. The van der Waals surface area contributed by atoms with Crippen molar-refractivity contribution in [1.82, 2.24) is 14.8 Å². The number of aromatic nitrogens is 1. The predicted octanol–water partition coefficient (Wildman–Crippen LogP) is 1.71. The van der Waals surface area contributed by atoms with Crippen molar-refractivity contribution in [2.45, 2.75) is 19.8 Å². The Kier molecular flexibility index (Phi) is 4.62. The molecule has 1 unspecified atom stereocenters. The van der Waals surface area contributed by atoms with Gasteiger partial charge in [0.2, 0.25) is 0 Å². The molecule has 1 aromatic rings. The van der Waals surface area contributed by atoms with E-state index >= 15 is 0 Å². The summed E-state index contributed by atoms with van der Waals surface area (Å²) in [4.78, 5) is 23.5. The number of piperazine rings is 1. The molecule has 2 saturated heterocycles. The number of nitrogens with zero attached hydrogens (tertiary/aromatic N) is 4. The van der Waals surface area contributed by atoms with Gasteiger partial charge in [0.15, 0.2) is 0 Å². The molecule has 0 bridgehead atoms. The van der Waals surface area contributed by atoms with Gasteiger partial charge in [0.05, 0.1) is 17.4 Å². The summed E-state index contributed by atoms with van der Waals surface area (Å²) in [5, 5.41) is 0. The lowest BCUT2D eigenvalue weighted by Gasteiger charge is -2.34. The first-order chi connectivity index (χ1) is 10.6. The maximum Gasteiger partial charge on any atom is 0.255 e. The molecule has 2 fully saturated rings. The smallest absolute Gasteiger partial charge is 0.255 e. The number of piperidine rings is 1. The Labute approximate surface area is 132 Å². The van der Waals surface area contributed by atoms with E-state index in [0.29, 0.717) is 5.92 Å². The van der Waals surface area contributed by atoms with Crippen LogP contribution in [0.2, 0.25) is 0 Å². The van der Waals surface area contributed by atoms with Crippen LogP contribution in [0, 0.1) is 5.92 Å². The second-order valence-electron chi connectivity index (χ2n) is 6.72. The van der Waals surface area contributed by atoms with Crippen molar-refractivity contribution in [3.63, 3.8) is 0 Å². The van der Waals surface area contributed by atoms with E-state index in [1.54, 1.807) is 6.20 Å². The van der Waals surface area contributed by atoms with Crippen LogP contribution >= 0.6 is 0 Å². The van der Waals surface area contributed by atoms with E-state index in [1.807, 2.05) is 17.2 Å². The Hall–Kier alpha value is -1.62. The highest BCUT2D eigenvalue weighted by Crippen LogP contribution is 2.23. The molecule has 0 spiro atoms. The van der Waals surface area contributed by atoms with Crippen molar-refractivity contribution in [2.24, 2.45) is 5.92 Å². The lowest BCUT2D eigenvalue weighted by molar-refractivity contribution is 0.0663. The highest BCUT2D eigenvalue weighted by Gasteiger charge is 2.22. The van der Waals surface area contributed by atoms with Crippen molar-refractivity contribution >= 4 is 11.6 Å². The van der Waals surface area contributed by atoms with Gasteiger partial charge in [-0.15, -0.1) is 0 Å². The van der Waals surface area contributed by atoms with Crippen LogP contribution in [0.4, 0.5) is 5.69 Å². The van der Waals surface area contributed by atoms with Gasteiger partial charge >= 0.3 is 0 Å². The van der Waals surface area contributed by atoms with E-state index in [9.17, 15) is 4.79 Å². The minimum absolute atomic E-state index is 0.118. The summed E-state index contributed by atoms with van der Waals surface area (Å²) in [6.45, 7) is 7.93. The summed E-state index contributed by atoms with van der Waals surface area (Å²) >= 11 is 0. The van der Waals surface area contributed by atoms with Crippen LogP contribution in [0.5, 0.6) is 0 Å². The zero-order chi connectivity index (χ0) is 15.5. The molecule has 22 heavy (non-hydrogen) atoms. The summed E-state index contributed by atoms with van der Waals surface area (Å²) in [6, 6.07) is 2.02. The van der Waals surface area contributed by atoms with Gasteiger partial charge in [-0.3, -0.25) is 9.78 Å². The van der Waals surface area contributed by atoms with Crippen molar-refractivity contribution in [3.05, 3.63) is 24.0 Å². The number of pyridine rings is 1. The molecule has 1 aromatic heterocycles. The highest BCUT2D eigenvalue weighted by molar-refractivity contribution is 5.94. The normalized spacial score (nSPS) is 23.6. The van der Waals surface area contributed by atoms with E-state index in [1.165, 1.54) is 12.8 Å². The zero-order valence-corrected chi connectivity index (χ0v) is 13.7. The molecular weight excluding hydrogens is 276 g/mol. The molecule has 120 valence electrons. The molecule has 0 N–H and O–H groups in total. The van der Waals surface area contributed by atoms with Crippen LogP contribution in [0.15, 0.2) is 18.5 Å². The minimum atomic E-state index is 0.118. The van der Waals surface area contributed by atoms with Crippen molar-refractivity contribution in [3.8, 4) is 0 Å². The quantitative estimate of drug-likeness (QED) is 0.834. The molecule has 0 saturated carbocycles. The number of anilines is 1. The maximum absolute atomic E-state index is 12.7. The average molecular weight is 302 g/mol. The molecule has 0 aliphatic carbocycles. The molecule has 2 aliphatic rings. The van der Waals surface area contributed by atoms with Crippen LogP contribution in [0.1, 0.15) is 30.1 Å². The molecule has 3 rings (SSSR count). The number of carbonyl (C=O) groups is 1. The SMILES string of the molecule is CC1CCCN(c2cncc(C(=O)N3CCN(C)CC3)c2)C1. The summed E-state index contributed by atoms with van der Waals surface area (Å²) in [5.74, 6) is 0.832. The largest absolute Gasteiger partial charge is 0.370 e. The highest BCUT2D eigenvalue weighted by atomic mass is 16.2. The maximum atomic E-state index is 12.7. The summed E-state index contributed by atoms with van der Waals surface area (Å²) in [6.07, 6.45) is 6.11. The Bertz CT molecular complexity index is 525. The van der Waals surface area contributed by atoms with E-state index in [2.05, 4.69) is 28.8 Å². The average Bonchev–Trinajstić information content (AvgIpc) is 2.55. The standard InChI is InChI=1S/C17H26N4O/c1-14-4-3-5-21(13-14)16-10-15(11-18-12-16)17(22)20-8-6-19(2)7-9-20/h10-12,14H,3-9,13H2,1-2H3. The van der Waals surface area contributed by atoms with Crippen LogP contribution in [-0.4, -0.2) is 67.0 Å². The van der Waals surface area contributed by atoms with E-state index in [-0.39, 0.29) is 5.91 Å². The van der Waals surface area contributed by atoms with Gasteiger partial charge in [0.25, 0.3) is 5.91 Å². The summed E-state index contributed by atoms with van der Waals surface area (Å²) < 4.78 is 0. The second kappa shape index (κ2) is 6.65. The van der Waals surface area contributed by atoms with Crippen LogP contribution < -0.4 is 4.90 Å². The summed E-state index contributed by atoms with van der Waals surface area (Å²) in [7, 11) is 2.10. The zero-order valence-electron chi connectivity index (χ0n) is 13.7. The first-order valence-corrected chi connectivity index (χ1v) is 8.31. The van der Waals surface area contributed by atoms with Gasteiger partial charge < -0.3 is 14.7 Å². The topological polar surface area (TPSA) is 39.7 Å². The Balaban J connectivity index is 1.71. The van der Waals surface area contributed by atoms with Gasteiger partial charge in [-0.05, 0) is 31.9 Å². The van der Waals surface area contributed by atoms with E-state index < -0.39 is 0 Å². The Morgan fingerprint density at radius 2 is 1.95 bits per heavy atom. The Morgan fingerprint density at radius 1 is 1.18 bits per heavy atom. The Morgan fingerprint density at radius 3 is 2.68 bits per heavy atom. The first-order valence-electron chi connectivity index (χ1n) is 8.31. The van der Waals surface area contributed by atoms with E-state index in [4.69, 9.17) is 0 Å². The van der Waals surface area contributed by atoms with Crippen LogP contribution in [0.25, 0.3) is 0 Å². The van der Waals surface area contributed by atoms with Crippen molar-refractivity contribution < 1.29 is 4.79 Å². The number of carbonyl (C=O) groups excluding carboxylic acids is 1. The molecule has 1 atom stereocenters. The molecule has 5 nitrogen and oxygen atoms in total. The monoisotopic (exact) mass is 302 g/mol. The van der Waals surface area contributed by atoms with Gasteiger partial charge in [0.1, 0.15) is 0 Å². The van der Waals surface area contributed by atoms with Crippen LogP contribution in [-0.2, 0) is 0 Å². The second-order valence-corrected chi connectivity index (χ2v) is 6.72. The molecule has 5 heteroatoms.